The van der Waals surface area contributed by atoms with Crippen LogP contribution in [-0.4, -0.2) is 14.9 Å². The summed E-state index contributed by atoms with van der Waals surface area (Å²) in [6.07, 6.45) is 9.59. The van der Waals surface area contributed by atoms with Gasteiger partial charge in [-0.3, -0.25) is 6.08 Å². The van der Waals surface area contributed by atoms with Crippen molar-refractivity contribution in [2.45, 2.75) is 39.4 Å². The van der Waals surface area contributed by atoms with Crippen LogP contribution in [0, 0.1) is 13.0 Å². The number of allylic oxidation sites excluding steroid dienone is 3. The Morgan fingerprint density at radius 1 is 1.16 bits per heavy atom. The predicted octanol–water partition coefficient (Wildman–Crippen LogP) is -0.210. The molecule has 0 spiro atoms. The molecule has 25 heavy (non-hydrogen) atoms. The van der Waals surface area contributed by atoms with Crippen molar-refractivity contribution in [3.05, 3.63) is 65.8 Å². The van der Waals surface area contributed by atoms with Gasteiger partial charge in [-0.05, 0) is 26.1 Å². The van der Waals surface area contributed by atoms with Crippen molar-refractivity contribution < 1.29 is 55.4 Å². The summed E-state index contributed by atoms with van der Waals surface area (Å²) in [6.45, 7) is 9.64. The van der Waals surface area contributed by atoms with Gasteiger partial charge in [-0.15, -0.1) is 47.0 Å². The number of rotatable bonds is 4. The van der Waals surface area contributed by atoms with E-state index in [1.165, 1.54) is 21.9 Å². The van der Waals surface area contributed by atoms with Gasteiger partial charge in [-0.25, -0.2) is 11.6 Å². The van der Waals surface area contributed by atoms with E-state index in [0.717, 1.165) is 19.4 Å². The molecule has 2 aromatic carbocycles. The average Bonchev–Trinajstić information content (AvgIpc) is 3.05. The van der Waals surface area contributed by atoms with Crippen LogP contribution >= 0.6 is 0 Å². The van der Waals surface area contributed by atoms with Crippen molar-refractivity contribution in [2.75, 3.05) is 6.61 Å². The molecule has 1 aliphatic rings. The first-order valence-corrected chi connectivity index (χ1v) is 11.4. The summed E-state index contributed by atoms with van der Waals surface area (Å²) in [6, 6.07) is 12.8. The van der Waals surface area contributed by atoms with Crippen LogP contribution in [0.1, 0.15) is 18.4 Å². The monoisotopic (exact) mass is 470 g/mol. The van der Waals surface area contributed by atoms with E-state index in [4.69, 9.17) is 4.43 Å². The minimum Gasteiger partial charge on any atom is -1.00 e. The van der Waals surface area contributed by atoms with Gasteiger partial charge in [0.25, 0.3) is 0 Å². The fraction of sp³-hybridized carbons (Fsp3) is 0.350. The van der Waals surface area contributed by atoms with Crippen molar-refractivity contribution in [3.63, 3.8) is 0 Å². The molecule has 0 bridgehead atoms. The average molecular weight is 473 g/mol. The van der Waals surface area contributed by atoms with Crippen molar-refractivity contribution >= 4 is 19.1 Å². The predicted molar refractivity (Wildman–Crippen MR) is 98.7 cm³/mol. The molecule has 2 aromatic rings. The van der Waals surface area contributed by atoms with Crippen LogP contribution in [0.4, 0.5) is 0 Å². The molecule has 1 nitrogen and oxygen atoms in total. The van der Waals surface area contributed by atoms with Crippen LogP contribution in [0.25, 0.3) is 10.8 Å². The van der Waals surface area contributed by atoms with Gasteiger partial charge in [0, 0.05) is 6.61 Å². The SMILES string of the molecule is C[Si](C)(C)OCCC1=[C-]CC=C1.Cc1cc2ccccc2[cH-]1.[Cl-].[Cl-].[Zr+4]. The molecule has 0 unspecified atom stereocenters. The van der Waals surface area contributed by atoms with Crippen molar-refractivity contribution in [1.82, 2.24) is 0 Å². The smallest absolute Gasteiger partial charge is 1.00 e. The maximum atomic E-state index is 5.74. The van der Waals surface area contributed by atoms with E-state index in [9.17, 15) is 0 Å². The van der Waals surface area contributed by atoms with E-state index >= 15 is 0 Å². The summed E-state index contributed by atoms with van der Waals surface area (Å²) in [5.74, 6) is 0. The van der Waals surface area contributed by atoms with Gasteiger partial charge in [-0.1, -0.05) is 13.0 Å². The Morgan fingerprint density at radius 2 is 1.84 bits per heavy atom. The molecule has 0 amide bonds. The molecular weight excluding hydrogens is 446 g/mol. The number of benzene rings is 1. The molecule has 0 radical (unpaired) electrons. The van der Waals surface area contributed by atoms with Gasteiger partial charge in [0.1, 0.15) is 0 Å². The Bertz CT molecular complexity index is 639. The third-order valence-corrected chi connectivity index (χ3v) is 4.50. The summed E-state index contributed by atoms with van der Waals surface area (Å²) in [5.41, 5.74) is 2.66. The van der Waals surface area contributed by atoms with E-state index in [0.29, 0.717) is 0 Å². The maximum Gasteiger partial charge on any atom is 4.00 e. The minimum absolute atomic E-state index is 0. The van der Waals surface area contributed by atoms with Crippen LogP contribution in [0.3, 0.4) is 0 Å². The first kappa shape index (κ1) is 27.2. The number of fused-ring (bicyclic) bond motifs is 1. The van der Waals surface area contributed by atoms with Crippen LogP contribution in [0.2, 0.25) is 19.6 Å². The van der Waals surface area contributed by atoms with Crippen LogP contribution in [0.5, 0.6) is 0 Å². The van der Waals surface area contributed by atoms with Gasteiger partial charge in [0.05, 0.1) is 0 Å². The Labute approximate surface area is 185 Å². The molecule has 0 aromatic heterocycles. The van der Waals surface area contributed by atoms with Crippen LogP contribution in [0.15, 0.2) is 54.1 Å². The summed E-state index contributed by atoms with van der Waals surface area (Å²) >= 11 is 0. The minimum atomic E-state index is -1.29. The summed E-state index contributed by atoms with van der Waals surface area (Å²) in [5, 5.41) is 2.69. The number of hydrogen-bond donors (Lipinski definition) is 0. The van der Waals surface area contributed by atoms with E-state index in [-0.39, 0.29) is 51.0 Å². The van der Waals surface area contributed by atoms with E-state index in [2.05, 4.69) is 81.2 Å². The maximum absolute atomic E-state index is 5.74. The zero-order chi connectivity index (χ0) is 16.0. The molecule has 1 aliphatic carbocycles. The number of halogens is 2. The Hall–Kier alpha value is -0.0500. The Kier molecular flexibility index (Phi) is 14.3. The second-order valence-electron chi connectivity index (χ2n) is 6.68. The van der Waals surface area contributed by atoms with Crippen molar-refractivity contribution in [1.29, 1.82) is 0 Å². The number of hydrogen-bond acceptors (Lipinski definition) is 1. The number of aryl methyl sites for hydroxylation is 1. The van der Waals surface area contributed by atoms with Gasteiger partial charge >= 0.3 is 26.2 Å². The van der Waals surface area contributed by atoms with Gasteiger partial charge in [-0.2, -0.15) is 12.1 Å². The van der Waals surface area contributed by atoms with Crippen LogP contribution < -0.4 is 24.8 Å². The fourth-order valence-corrected chi connectivity index (χ4v) is 3.11. The largest absolute Gasteiger partial charge is 4.00 e. The second kappa shape index (κ2) is 13.2. The third kappa shape index (κ3) is 10.6. The molecular formula is C20H26Cl2OSiZr. The summed E-state index contributed by atoms with van der Waals surface area (Å²) in [4.78, 5) is 0. The molecule has 0 N–H and O–H groups in total. The molecule has 0 saturated carbocycles. The van der Waals surface area contributed by atoms with Crippen molar-refractivity contribution in [3.8, 4) is 0 Å². The van der Waals surface area contributed by atoms with Gasteiger partial charge in [0.2, 0.25) is 0 Å². The molecule has 0 fully saturated rings. The molecule has 134 valence electrons. The zero-order valence-corrected chi connectivity index (χ0v) is 20.4. The van der Waals surface area contributed by atoms with E-state index in [1.54, 1.807) is 0 Å². The third-order valence-electron chi connectivity index (χ3n) is 3.43. The molecule has 0 heterocycles. The quantitative estimate of drug-likeness (QED) is 0.442. The standard InChI is InChI=1S/C10H17OSi.C10H9.2ClH.Zr/c1-12(2,3)11-9-8-10-6-4-5-7-10;1-8-6-9-4-2-3-5-10(9)7-8;;;/h4,6H,5,8-9H2,1-3H3;2-7H,1H3;2*1H;/q2*-1;;;+4/p-2. The van der Waals surface area contributed by atoms with E-state index < -0.39 is 8.32 Å². The van der Waals surface area contributed by atoms with Gasteiger partial charge < -0.3 is 29.2 Å². The van der Waals surface area contributed by atoms with Crippen LogP contribution in [-0.2, 0) is 30.6 Å². The zero-order valence-electron chi connectivity index (χ0n) is 15.4. The molecule has 0 atom stereocenters. The topological polar surface area (TPSA) is 9.23 Å². The molecule has 0 aliphatic heterocycles. The molecule has 5 heteroatoms. The normalized spacial score (nSPS) is 12.2. The van der Waals surface area contributed by atoms with Gasteiger partial charge in [0.15, 0.2) is 8.32 Å². The fourth-order valence-electron chi connectivity index (χ4n) is 2.40. The first-order valence-electron chi connectivity index (χ1n) is 7.96. The first-order chi connectivity index (χ1) is 10.4. The summed E-state index contributed by atoms with van der Waals surface area (Å²) in [7, 11) is -1.29. The molecule has 0 saturated heterocycles. The summed E-state index contributed by atoms with van der Waals surface area (Å²) < 4.78 is 5.74. The second-order valence-corrected chi connectivity index (χ2v) is 11.2. The van der Waals surface area contributed by atoms with E-state index in [1.807, 2.05) is 0 Å². The molecule has 3 rings (SSSR count). The van der Waals surface area contributed by atoms with Crippen molar-refractivity contribution in [2.24, 2.45) is 0 Å². The Balaban J connectivity index is 0. The Morgan fingerprint density at radius 3 is 2.40 bits per heavy atom.